The molecule has 1 saturated heterocycles. The molecule has 0 aliphatic carbocycles. The van der Waals surface area contributed by atoms with Crippen molar-refractivity contribution >= 4 is 11.8 Å². The number of hydrogen-bond acceptors (Lipinski definition) is 3. The van der Waals surface area contributed by atoms with Crippen LogP contribution < -0.4 is 4.90 Å². The van der Waals surface area contributed by atoms with E-state index in [4.69, 9.17) is 5.11 Å². The van der Waals surface area contributed by atoms with E-state index in [0.717, 1.165) is 54.6 Å². The smallest absolute Gasteiger partial charge is 0.411 e. The van der Waals surface area contributed by atoms with Crippen molar-refractivity contribution in [3.63, 3.8) is 0 Å². The molecule has 150 valence electrons. The lowest BCUT2D eigenvalue weighted by Crippen LogP contribution is -2.35. The van der Waals surface area contributed by atoms with Crippen molar-refractivity contribution in [3.05, 3.63) is 54.1 Å². The van der Waals surface area contributed by atoms with E-state index in [1.54, 1.807) is 0 Å². The summed E-state index contributed by atoms with van der Waals surface area (Å²) in [6.07, 6.45) is 3.78. The lowest BCUT2D eigenvalue weighted by atomic mass is 9.99. The third-order valence-corrected chi connectivity index (χ3v) is 5.64. The van der Waals surface area contributed by atoms with Crippen molar-refractivity contribution in [1.29, 1.82) is 0 Å². The highest BCUT2D eigenvalue weighted by atomic mass is 16.4. The number of aryl methyl sites for hydroxylation is 1. The van der Waals surface area contributed by atoms with E-state index in [9.17, 15) is 9.90 Å². The van der Waals surface area contributed by atoms with Crippen molar-refractivity contribution < 1.29 is 15.0 Å². The molecule has 0 bridgehead atoms. The highest BCUT2D eigenvalue weighted by Gasteiger charge is 2.24. The zero-order valence-electron chi connectivity index (χ0n) is 16.6. The van der Waals surface area contributed by atoms with Crippen LogP contribution in [0.25, 0.3) is 11.1 Å². The van der Waals surface area contributed by atoms with Crippen molar-refractivity contribution in [2.45, 2.75) is 38.1 Å². The lowest BCUT2D eigenvalue weighted by Gasteiger charge is -2.26. The molecule has 1 aliphatic heterocycles. The van der Waals surface area contributed by atoms with Gasteiger partial charge in [0.25, 0.3) is 0 Å². The van der Waals surface area contributed by atoms with Crippen LogP contribution in [0.3, 0.4) is 0 Å². The van der Waals surface area contributed by atoms with Crippen molar-refractivity contribution in [3.8, 4) is 11.1 Å². The van der Waals surface area contributed by atoms with Crippen LogP contribution in [0.4, 0.5) is 10.5 Å². The van der Waals surface area contributed by atoms with Gasteiger partial charge in [-0.15, -0.1) is 0 Å². The summed E-state index contributed by atoms with van der Waals surface area (Å²) in [6.45, 7) is 1.75. The van der Waals surface area contributed by atoms with Gasteiger partial charge in [-0.1, -0.05) is 42.5 Å². The number of nitrogens with zero attached hydrogens (tertiary/aromatic N) is 2. The first-order valence-corrected chi connectivity index (χ1v) is 10.1. The van der Waals surface area contributed by atoms with Crippen LogP contribution >= 0.6 is 0 Å². The number of aliphatic hydroxyl groups is 1. The molecule has 3 rings (SSSR count). The molecule has 5 heteroatoms. The summed E-state index contributed by atoms with van der Waals surface area (Å²) >= 11 is 0. The third kappa shape index (κ3) is 4.91. The van der Waals surface area contributed by atoms with E-state index in [1.165, 1.54) is 11.3 Å². The quantitative estimate of drug-likeness (QED) is 0.716. The second kappa shape index (κ2) is 9.71. The molecular formula is C23H30N2O3. The average molecular weight is 383 g/mol. The van der Waals surface area contributed by atoms with E-state index < -0.39 is 6.09 Å². The minimum Gasteiger partial charge on any atom is -0.465 e. The molecule has 2 aromatic rings. The van der Waals surface area contributed by atoms with Crippen LogP contribution in [0, 0.1) is 0 Å². The van der Waals surface area contributed by atoms with Gasteiger partial charge >= 0.3 is 6.09 Å². The Morgan fingerprint density at radius 3 is 2.75 bits per heavy atom. The third-order valence-electron chi connectivity index (χ3n) is 5.64. The van der Waals surface area contributed by atoms with Crippen LogP contribution in [0.1, 0.15) is 31.2 Å². The van der Waals surface area contributed by atoms with Gasteiger partial charge in [0.15, 0.2) is 0 Å². The molecule has 5 nitrogen and oxygen atoms in total. The zero-order chi connectivity index (χ0) is 19.9. The minimum atomic E-state index is -0.912. The fraction of sp³-hybridized carbons (Fsp3) is 0.435. The van der Waals surface area contributed by atoms with E-state index >= 15 is 0 Å². The predicted octanol–water partition coefficient (Wildman–Crippen LogP) is 4.25. The van der Waals surface area contributed by atoms with Gasteiger partial charge in [-0.2, -0.15) is 0 Å². The van der Waals surface area contributed by atoms with Gasteiger partial charge in [-0.3, -0.25) is 4.90 Å². The molecule has 1 unspecified atom stereocenters. The Morgan fingerprint density at radius 1 is 1.21 bits per heavy atom. The normalized spacial score (nSPS) is 17.0. The standard InChI is InChI=1S/C23H30N2O3/c1-24-14-5-10-20(24)13-15-25(23(27)28)22-12-3-2-11-21(22)19-9-4-7-18(17-19)8-6-16-26/h2-4,7,9,11-12,17,20,26H,5-6,8,10,13-16H2,1H3,(H,27,28). The van der Waals surface area contributed by atoms with Gasteiger partial charge in [-0.25, -0.2) is 4.79 Å². The monoisotopic (exact) mass is 382 g/mol. The number of aliphatic hydroxyl groups excluding tert-OH is 1. The molecule has 0 spiro atoms. The lowest BCUT2D eigenvalue weighted by molar-refractivity contribution is 0.200. The van der Waals surface area contributed by atoms with Gasteiger partial charge in [0.05, 0.1) is 5.69 Å². The maximum Gasteiger partial charge on any atom is 0.411 e. The SMILES string of the molecule is CN1CCCC1CCN(C(=O)O)c1ccccc1-c1cccc(CCCO)c1. The van der Waals surface area contributed by atoms with Crippen molar-refractivity contribution in [2.24, 2.45) is 0 Å². The highest BCUT2D eigenvalue weighted by Crippen LogP contribution is 2.32. The summed E-state index contributed by atoms with van der Waals surface area (Å²) in [6, 6.07) is 16.3. The fourth-order valence-corrected chi connectivity index (χ4v) is 4.07. The summed E-state index contributed by atoms with van der Waals surface area (Å²) < 4.78 is 0. The number of para-hydroxylation sites is 1. The Bertz CT molecular complexity index is 793. The van der Waals surface area contributed by atoms with E-state index in [-0.39, 0.29) is 6.61 Å². The molecule has 1 atom stereocenters. The van der Waals surface area contributed by atoms with Gasteiger partial charge in [0.2, 0.25) is 0 Å². The molecule has 2 aromatic carbocycles. The summed E-state index contributed by atoms with van der Waals surface area (Å²) in [5.41, 5.74) is 3.82. The van der Waals surface area contributed by atoms with Crippen LogP contribution in [0.2, 0.25) is 0 Å². The molecule has 1 heterocycles. The van der Waals surface area contributed by atoms with Gasteiger partial charge in [-0.05, 0) is 62.9 Å². The number of benzene rings is 2. The number of hydrogen-bond donors (Lipinski definition) is 2. The number of likely N-dealkylation sites (tertiary alicyclic amines) is 1. The Labute approximate surface area is 167 Å². The molecule has 1 amide bonds. The van der Waals surface area contributed by atoms with Crippen LogP contribution in [0.5, 0.6) is 0 Å². The number of carboxylic acid groups (broad SMARTS) is 1. The first kappa shape index (κ1) is 20.4. The molecule has 28 heavy (non-hydrogen) atoms. The average Bonchev–Trinajstić information content (AvgIpc) is 3.12. The van der Waals surface area contributed by atoms with Gasteiger partial charge in [0, 0.05) is 24.8 Å². The summed E-state index contributed by atoms with van der Waals surface area (Å²) in [7, 11) is 2.12. The predicted molar refractivity (Wildman–Crippen MR) is 113 cm³/mol. The summed E-state index contributed by atoms with van der Waals surface area (Å²) in [5, 5.41) is 19.0. The summed E-state index contributed by atoms with van der Waals surface area (Å²) in [5.74, 6) is 0. The Hall–Kier alpha value is -2.37. The molecule has 1 fully saturated rings. The number of carbonyl (C=O) groups is 1. The maximum absolute atomic E-state index is 12.1. The highest BCUT2D eigenvalue weighted by molar-refractivity contribution is 5.92. The van der Waals surface area contributed by atoms with Crippen LogP contribution in [0.15, 0.2) is 48.5 Å². The minimum absolute atomic E-state index is 0.170. The fourth-order valence-electron chi connectivity index (χ4n) is 4.07. The van der Waals surface area contributed by atoms with Crippen LogP contribution in [-0.2, 0) is 6.42 Å². The molecule has 0 aromatic heterocycles. The van der Waals surface area contributed by atoms with E-state index in [2.05, 4.69) is 18.0 Å². The van der Waals surface area contributed by atoms with E-state index in [1.807, 2.05) is 42.5 Å². The zero-order valence-corrected chi connectivity index (χ0v) is 16.6. The number of amides is 1. The Balaban J connectivity index is 1.85. The first-order valence-electron chi connectivity index (χ1n) is 10.1. The number of anilines is 1. The van der Waals surface area contributed by atoms with Gasteiger partial charge < -0.3 is 15.1 Å². The molecular weight excluding hydrogens is 352 g/mol. The Morgan fingerprint density at radius 2 is 2.04 bits per heavy atom. The largest absolute Gasteiger partial charge is 0.465 e. The van der Waals surface area contributed by atoms with Crippen molar-refractivity contribution in [1.82, 2.24) is 4.90 Å². The van der Waals surface area contributed by atoms with Crippen molar-refractivity contribution in [2.75, 3.05) is 31.6 Å². The van der Waals surface area contributed by atoms with Gasteiger partial charge in [0.1, 0.15) is 0 Å². The van der Waals surface area contributed by atoms with E-state index in [0.29, 0.717) is 12.6 Å². The molecule has 1 aliphatic rings. The second-order valence-electron chi connectivity index (χ2n) is 7.54. The van der Waals surface area contributed by atoms with Crippen LogP contribution in [-0.4, -0.2) is 54.0 Å². The maximum atomic E-state index is 12.1. The molecule has 2 N–H and O–H groups in total. The number of rotatable bonds is 8. The topological polar surface area (TPSA) is 64.0 Å². The molecule has 0 radical (unpaired) electrons. The first-order chi connectivity index (χ1) is 13.6. The second-order valence-corrected chi connectivity index (χ2v) is 7.54. The summed E-state index contributed by atoms with van der Waals surface area (Å²) in [4.78, 5) is 15.9. The Kier molecular flexibility index (Phi) is 7.06. The molecule has 0 saturated carbocycles.